The van der Waals surface area contributed by atoms with Crippen molar-refractivity contribution < 1.29 is 0 Å². The van der Waals surface area contributed by atoms with Crippen LogP contribution in [0.4, 0.5) is 5.82 Å². The van der Waals surface area contributed by atoms with Crippen LogP contribution in [0.2, 0.25) is 5.15 Å². The molecular weight excluding hydrogens is 292 g/mol. The Bertz CT molecular complexity index is 583. The number of anilines is 1. The molecule has 0 radical (unpaired) electrons. The van der Waals surface area contributed by atoms with Crippen molar-refractivity contribution >= 4 is 29.2 Å². The molecule has 0 aliphatic heterocycles. The molecule has 0 spiro atoms. The lowest BCUT2D eigenvalue weighted by atomic mass is 10.0. The molecule has 2 rings (SSSR count). The van der Waals surface area contributed by atoms with Crippen LogP contribution in [-0.4, -0.2) is 15.0 Å². The third-order valence-corrected chi connectivity index (χ3v) is 4.05. The predicted molar refractivity (Wildman–Crippen MR) is 84.1 cm³/mol. The summed E-state index contributed by atoms with van der Waals surface area (Å²) in [6, 6.07) is 5.70. The summed E-state index contributed by atoms with van der Waals surface area (Å²) >= 11 is 7.38. The summed E-state index contributed by atoms with van der Waals surface area (Å²) in [6.07, 6.45) is 1.84. The normalized spacial score (nSPS) is 12.7. The van der Waals surface area contributed by atoms with Crippen molar-refractivity contribution in [2.24, 2.45) is 0 Å². The smallest absolute Gasteiger partial charge is 0.191 e. The summed E-state index contributed by atoms with van der Waals surface area (Å²) in [5, 5.41) is 1.06. The molecule has 2 aromatic heterocycles. The van der Waals surface area contributed by atoms with Crippen LogP contribution in [0.15, 0.2) is 29.6 Å². The molecule has 20 heavy (non-hydrogen) atoms. The molecule has 0 aromatic carbocycles. The molecular formula is C14H17ClN4S. The maximum absolute atomic E-state index is 5.89. The van der Waals surface area contributed by atoms with E-state index in [2.05, 4.69) is 41.8 Å². The Morgan fingerprint density at radius 1 is 1.20 bits per heavy atom. The molecule has 1 unspecified atom stereocenters. The number of pyridine rings is 1. The lowest BCUT2D eigenvalue weighted by Gasteiger charge is -2.12. The Morgan fingerprint density at radius 2 is 1.95 bits per heavy atom. The summed E-state index contributed by atoms with van der Waals surface area (Å²) < 4.78 is 0. The maximum atomic E-state index is 5.89. The first kappa shape index (κ1) is 15.1. The van der Waals surface area contributed by atoms with Crippen LogP contribution in [0.5, 0.6) is 0 Å². The van der Waals surface area contributed by atoms with E-state index in [0.717, 1.165) is 5.69 Å². The number of hydrogen-bond acceptors (Lipinski definition) is 5. The van der Waals surface area contributed by atoms with E-state index < -0.39 is 0 Å². The number of nitrogens with zero attached hydrogens (tertiary/aromatic N) is 3. The van der Waals surface area contributed by atoms with Crippen molar-refractivity contribution in [2.45, 2.75) is 37.1 Å². The van der Waals surface area contributed by atoms with Crippen LogP contribution in [0.25, 0.3) is 0 Å². The fourth-order valence-corrected chi connectivity index (χ4v) is 2.85. The van der Waals surface area contributed by atoms with E-state index in [9.17, 15) is 0 Å². The van der Waals surface area contributed by atoms with Gasteiger partial charge in [0.2, 0.25) is 0 Å². The second-order valence-electron chi connectivity index (χ2n) is 4.83. The quantitative estimate of drug-likeness (QED) is 0.523. The summed E-state index contributed by atoms with van der Waals surface area (Å²) in [7, 11) is 0. The topological polar surface area (TPSA) is 64.7 Å². The van der Waals surface area contributed by atoms with Gasteiger partial charge in [-0.25, -0.2) is 9.97 Å². The number of halogens is 1. The predicted octanol–water partition coefficient (Wildman–Crippen LogP) is 4.08. The molecule has 0 aliphatic rings. The zero-order valence-electron chi connectivity index (χ0n) is 11.7. The number of aromatic nitrogens is 3. The van der Waals surface area contributed by atoms with E-state index in [1.165, 1.54) is 23.4 Å². The first-order chi connectivity index (χ1) is 9.45. The van der Waals surface area contributed by atoms with Crippen molar-refractivity contribution in [3.8, 4) is 0 Å². The van der Waals surface area contributed by atoms with Crippen molar-refractivity contribution in [3.63, 3.8) is 0 Å². The van der Waals surface area contributed by atoms with Gasteiger partial charge >= 0.3 is 0 Å². The zero-order chi connectivity index (χ0) is 14.7. The van der Waals surface area contributed by atoms with Gasteiger partial charge in [0, 0.05) is 12.3 Å². The monoisotopic (exact) mass is 308 g/mol. The standard InChI is InChI=1S/C14H17ClN4S/c1-8(2)10-4-5-17-11(6-10)9(3)20-14-18-12(15)7-13(16)19-14/h4-9H,1-3H3,(H2,16,18,19). The summed E-state index contributed by atoms with van der Waals surface area (Å²) in [4.78, 5) is 12.8. The van der Waals surface area contributed by atoms with E-state index >= 15 is 0 Å². The van der Waals surface area contributed by atoms with Crippen LogP contribution < -0.4 is 5.73 Å². The summed E-state index contributed by atoms with van der Waals surface area (Å²) in [5.41, 5.74) is 7.95. The van der Waals surface area contributed by atoms with Gasteiger partial charge in [-0.1, -0.05) is 37.2 Å². The van der Waals surface area contributed by atoms with Gasteiger partial charge in [-0.2, -0.15) is 0 Å². The highest BCUT2D eigenvalue weighted by Gasteiger charge is 2.13. The van der Waals surface area contributed by atoms with Gasteiger partial charge in [0.25, 0.3) is 0 Å². The third kappa shape index (κ3) is 3.84. The van der Waals surface area contributed by atoms with Gasteiger partial charge in [0.15, 0.2) is 5.16 Å². The van der Waals surface area contributed by atoms with Gasteiger partial charge in [-0.15, -0.1) is 0 Å². The number of nitrogens with two attached hydrogens (primary N) is 1. The van der Waals surface area contributed by atoms with Crippen LogP contribution in [0.1, 0.15) is 43.2 Å². The molecule has 4 nitrogen and oxygen atoms in total. The number of thioether (sulfide) groups is 1. The largest absolute Gasteiger partial charge is 0.384 e. The number of rotatable bonds is 4. The minimum absolute atomic E-state index is 0.131. The SMILES string of the molecule is CC(C)c1ccnc(C(C)Sc2nc(N)cc(Cl)n2)c1. The van der Waals surface area contributed by atoms with Gasteiger partial charge < -0.3 is 5.73 Å². The first-order valence-electron chi connectivity index (χ1n) is 6.38. The van der Waals surface area contributed by atoms with E-state index in [1.54, 1.807) is 0 Å². The second-order valence-corrected chi connectivity index (χ2v) is 6.52. The lowest BCUT2D eigenvalue weighted by Crippen LogP contribution is -1.99. The molecule has 0 aliphatic carbocycles. The highest BCUT2D eigenvalue weighted by molar-refractivity contribution is 7.99. The average Bonchev–Trinajstić information content (AvgIpc) is 2.37. The fraction of sp³-hybridized carbons (Fsp3) is 0.357. The molecule has 1 atom stereocenters. The van der Waals surface area contributed by atoms with Gasteiger partial charge in [-0.3, -0.25) is 4.98 Å². The first-order valence-corrected chi connectivity index (χ1v) is 7.64. The Morgan fingerprint density at radius 3 is 2.60 bits per heavy atom. The number of nitrogen functional groups attached to an aromatic ring is 1. The van der Waals surface area contributed by atoms with Crippen molar-refractivity contribution in [2.75, 3.05) is 5.73 Å². The molecule has 0 saturated carbocycles. The molecule has 106 valence electrons. The van der Waals surface area contributed by atoms with E-state index in [-0.39, 0.29) is 5.25 Å². The Hall–Kier alpha value is -1.33. The molecule has 6 heteroatoms. The highest BCUT2D eigenvalue weighted by Crippen LogP contribution is 2.33. The van der Waals surface area contributed by atoms with E-state index in [4.69, 9.17) is 17.3 Å². The van der Waals surface area contributed by atoms with Crippen molar-refractivity contribution in [1.82, 2.24) is 15.0 Å². The highest BCUT2D eigenvalue weighted by atomic mass is 35.5. The molecule has 0 fully saturated rings. The molecule has 2 heterocycles. The summed E-state index contributed by atoms with van der Waals surface area (Å²) in [5.74, 6) is 0.857. The van der Waals surface area contributed by atoms with Crippen molar-refractivity contribution in [3.05, 3.63) is 40.8 Å². The Labute approximate surface area is 128 Å². The van der Waals surface area contributed by atoms with Crippen LogP contribution in [0.3, 0.4) is 0 Å². The molecule has 0 bridgehead atoms. The zero-order valence-corrected chi connectivity index (χ0v) is 13.2. The van der Waals surface area contributed by atoms with E-state index in [1.807, 2.05) is 12.3 Å². The van der Waals surface area contributed by atoms with E-state index in [0.29, 0.717) is 22.0 Å². The van der Waals surface area contributed by atoms with Gasteiger partial charge in [-0.05, 0) is 30.5 Å². The summed E-state index contributed by atoms with van der Waals surface area (Å²) in [6.45, 7) is 6.40. The van der Waals surface area contributed by atoms with Gasteiger partial charge in [0.05, 0.1) is 10.9 Å². The third-order valence-electron chi connectivity index (χ3n) is 2.86. The van der Waals surface area contributed by atoms with Crippen LogP contribution >= 0.6 is 23.4 Å². The fourth-order valence-electron chi connectivity index (χ4n) is 1.73. The lowest BCUT2D eigenvalue weighted by molar-refractivity contribution is 0.851. The Kier molecular flexibility index (Phi) is 4.83. The van der Waals surface area contributed by atoms with Crippen molar-refractivity contribution in [1.29, 1.82) is 0 Å². The molecule has 2 N–H and O–H groups in total. The van der Waals surface area contributed by atoms with Crippen LogP contribution in [-0.2, 0) is 0 Å². The second kappa shape index (κ2) is 6.41. The average molecular weight is 309 g/mol. The molecule has 0 saturated heterocycles. The minimum Gasteiger partial charge on any atom is -0.384 e. The van der Waals surface area contributed by atoms with Gasteiger partial charge in [0.1, 0.15) is 11.0 Å². The Balaban J connectivity index is 2.19. The number of hydrogen-bond donors (Lipinski definition) is 1. The maximum Gasteiger partial charge on any atom is 0.191 e. The minimum atomic E-state index is 0.131. The molecule has 0 amide bonds. The molecule has 2 aromatic rings. The van der Waals surface area contributed by atoms with Crippen LogP contribution in [0, 0.1) is 0 Å².